The molecule has 0 bridgehead atoms. The van der Waals surface area contributed by atoms with Crippen LogP contribution in [0.1, 0.15) is 23.7 Å². The average molecular weight is 408 g/mol. The van der Waals surface area contributed by atoms with E-state index < -0.39 is 0 Å². The van der Waals surface area contributed by atoms with Crippen molar-refractivity contribution in [3.63, 3.8) is 0 Å². The molecule has 25 heavy (non-hydrogen) atoms. The SMILES string of the molecule is CCCOc1ccc(NC(=O)c2ccc(OCCOC)c(Br)c2)cc1. The fourth-order valence-electron chi connectivity index (χ4n) is 2.05. The lowest BCUT2D eigenvalue weighted by Crippen LogP contribution is -2.12. The third-order valence-corrected chi connectivity index (χ3v) is 3.94. The maximum absolute atomic E-state index is 12.4. The second-order valence-corrected chi connectivity index (χ2v) is 6.17. The summed E-state index contributed by atoms with van der Waals surface area (Å²) < 4.78 is 16.8. The van der Waals surface area contributed by atoms with Gasteiger partial charge in [-0.3, -0.25) is 4.79 Å². The summed E-state index contributed by atoms with van der Waals surface area (Å²) in [6, 6.07) is 12.5. The van der Waals surface area contributed by atoms with Crippen molar-refractivity contribution in [3.05, 3.63) is 52.5 Å². The lowest BCUT2D eigenvalue weighted by atomic mass is 10.2. The number of rotatable bonds is 9. The molecule has 0 atom stereocenters. The van der Waals surface area contributed by atoms with E-state index in [-0.39, 0.29) is 5.91 Å². The van der Waals surface area contributed by atoms with E-state index in [1.54, 1.807) is 25.3 Å². The van der Waals surface area contributed by atoms with Gasteiger partial charge in [-0.05, 0) is 64.8 Å². The Morgan fingerprint density at radius 3 is 2.44 bits per heavy atom. The van der Waals surface area contributed by atoms with Crippen LogP contribution in [0.15, 0.2) is 46.9 Å². The Morgan fingerprint density at radius 1 is 1.04 bits per heavy atom. The molecule has 0 aliphatic carbocycles. The van der Waals surface area contributed by atoms with E-state index in [2.05, 4.69) is 28.2 Å². The molecule has 0 heterocycles. The first-order valence-electron chi connectivity index (χ1n) is 8.09. The first kappa shape index (κ1) is 19.3. The second-order valence-electron chi connectivity index (χ2n) is 5.31. The van der Waals surface area contributed by atoms with Crippen LogP contribution in [0.5, 0.6) is 11.5 Å². The number of carbonyl (C=O) groups is 1. The van der Waals surface area contributed by atoms with Crippen molar-refractivity contribution in [2.24, 2.45) is 0 Å². The van der Waals surface area contributed by atoms with Crippen LogP contribution in [0.4, 0.5) is 5.69 Å². The molecule has 6 heteroatoms. The Kier molecular flexibility index (Phi) is 7.76. The van der Waals surface area contributed by atoms with Gasteiger partial charge in [-0.25, -0.2) is 0 Å². The van der Waals surface area contributed by atoms with Crippen LogP contribution >= 0.6 is 15.9 Å². The lowest BCUT2D eigenvalue weighted by Gasteiger charge is -2.10. The molecule has 2 aromatic carbocycles. The molecule has 0 fully saturated rings. The number of hydrogen-bond donors (Lipinski definition) is 1. The molecule has 134 valence electrons. The Bertz CT molecular complexity index is 688. The van der Waals surface area contributed by atoms with Crippen molar-refractivity contribution in [2.45, 2.75) is 13.3 Å². The normalized spacial score (nSPS) is 10.4. The van der Waals surface area contributed by atoms with Crippen LogP contribution in [-0.2, 0) is 4.74 Å². The smallest absolute Gasteiger partial charge is 0.255 e. The van der Waals surface area contributed by atoms with Crippen molar-refractivity contribution in [1.82, 2.24) is 0 Å². The minimum atomic E-state index is -0.189. The summed E-state index contributed by atoms with van der Waals surface area (Å²) in [5.74, 6) is 1.28. The Labute approximate surface area is 156 Å². The molecule has 2 aromatic rings. The fourth-order valence-corrected chi connectivity index (χ4v) is 2.55. The lowest BCUT2D eigenvalue weighted by molar-refractivity contribution is 0.102. The van der Waals surface area contributed by atoms with Gasteiger partial charge in [0.15, 0.2) is 0 Å². The predicted molar refractivity (Wildman–Crippen MR) is 102 cm³/mol. The molecule has 0 saturated carbocycles. The molecule has 0 spiro atoms. The highest BCUT2D eigenvalue weighted by atomic mass is 79.9. The molecule has 0 aliphatic rings. The van der Waals surface area contributed by atoms with Gasteiger partial charge in [0.05, 0.1) is 17.7 Å². The monoisotopic (exact) mass is 407 g/mol. The van der Waals surface area contributed by atoms with Crippen molar-refractivity contribution in [2.75, 3.05) is 32.2 Å². The second kappa shape index (κ2) is 10.1. The molecule has 0 aliphatic heterocycles. The third-order valence-electron chi connectivity index (χ3n) is 3.32. The summed E-state index contributed by atoms with van der Waals surface area (Å²) >= 11 is 3.42. The minimum absolute atomic E-state index is 0.189. The number of hydrogen-bond acceptors (Lipinski definition) is 4. The summed E-state index contributed by atoms with van der Waals surface area (Å²) in [6.45, 7) is 3.69. The van der Waals surface area contributed by atoms with Gasteiger partial charge in [0.1, 0.15) is 18.1 Å². The molecule has 0 saturated heterocycles. The topological polar surface area (TPSA) is 56.8 Å². The van der Waals surface area contributed by atoms with E-state index in [1.165, 1.54) is 0 Å². The van der Waals surface area contributed by atoms with E-state index in [4.69, 9.17) is 14.2 Å². The number of nitrogens with one attached hydrogen (secondary N) is 1. The quantitative estimate of drug-likeness (QED) is 0.620. The van der Waals surface area contributed by atoms with Gasteiger partial charge in [-0.15, -0.1) is 0 Å². The fraction of sp³-hybridized carbons (Fsp3) is 0.316. The highest BCUT2D eigenvalue weighted by Crippen LogP contribution is 2.26. The van der Waals surface area contributed by atoms with E-state index >= 15 is 0 Å². The Balaban J connectivity index is 1.97. The molecule has 5 nitrogen and oxygen atoms in total. The summed E-state index contributed by atoms with van der Waals surface area (Å²) in [7, 11) is 1.62. The van der Waals surface area contributed by atoms with Gasteiger partial charge in [0, 0.05) is 18.4 Å². The molecule has 0 radical (unpaired) electrons. The molecule has 0 aromatic heterocycles. The minimum Gasteiger partial charge on any atom is -0.494 e. The summed E-state index contributed by atoms with van der Waals surface area (Å²) in [5.41, 5.74) is 1.25. The van der Waals surface area contributed by atoms with Gasteiger partial charge in [-0.2, -0.15) is 0 Å². The maximum atomic E-state index is 12.4. The number of halogens is 1. The van der Waals surface area contributed by atoms with Crippen LogP contribution in [0, 0.1) is 0 Å². The first-order valence-corrected chi connectivity index (χ1v) is 8.89. The number of ether oxygens (including phenoxy) is 3. The van der Waals surface area contributed by atoms with E-state index in [1.807, 2.05) is 24.3 Å². The molecular weight excluding hydrogens is 386 g/mol. The molecule has 0 unspecified atom stereocenters. The molecular formula is C19H22BrNO4. The van der Waals surface area contributed by atoms with Crippen LogP contribution in [0.3, 0.4) is 0 Å². The van der Waals surface area contributed by atoms with Crippen LogP contribution in [0.2, 0.25) is 0 Å². The summed E-state index contributed by atoms with van der Waals surface area (Å²) in [5, 5.41) is 2.86. The van der Waals surface area contributed by atoms with Gasteiger partial charge < -0.3 is 19.5 Å². The van der Waals surface area contributed by atoms with Crippen LogP contribution < -0.4 is 14.8 Å². The van der Waals surface area contributed by atoms with Gasteiger partial charge in [0.2, 0.25) is 0 Å². The zero-order valence-corrected chi connectivity index (χ0v) is 16.0. The Morgan fingerprint density at radius 2 is 1.80 bits per heavy atom. The van der Waals surface area contributed by atoms with Crippen molar-refractivity contribution < 1.29 is 19.0 Å². The molecule has 1 N–H and O–H groups in total. The number of carbonyl (C=O) groups excluding carboxylic acids is 1. The predicted octanol–water partition coefficient (Wildman–Crippen LogP) is 4.52. The summed E-state index contributed by atoms with van der Waals surface area (Å²) in [6.07, 6.45) is 0.957. The van der Waals surface area contributed by atoms with E-state index in [9.17, 15) is 4.79 Å². The number of methoxy groups -OCH3 is 1. The molecule has 1 amide bonds. The highest BCUT2D eigenvalue weighted by molar-refractivity contribution is 9.10. The van der Waals surface area contributed by atoms with Crippen LogP contribution in [0.25, 0.3) is 0 Å². The zero-order chi connectivity index (χ0) is 18.1. The number of amides is 1. The van der Waals surface area contributed by atoms with Crippen LogP contribution in [-0.4, -0.2) is 32.8 Å². The largest absolute Gasteiger partial charge is 0.494 e. The molecule has 2 rings (SSSR count). The number of benzene rings is 2. The van der Waals surface area contributed by atoms with Crippen molar-refractivity contribution in [3.8, 4) is 11.5 Å². The van der Waals surface area contributed by atoms with Crippen molar-refractivity contribution in [1.29, 1.82) is 0 Å². The Hall–Kier alpha value is -2.05. The number of anilines is 1. The van der Waals surface area contributed by atoms with Gasteiger partial charge >= 0.3 is 0 Å². The van der Waals surface area contributed by atoms with Crippen molar-refractivity contribution >= 4 is 27.5 Å². The van der Waals surface area contributed by atoms with Gasteiger partial charge in [-0.1, -0.05) is 6.92 Å². The van der Waals surface area contributed by atoms with E-state index in [0.717, 1.165) is 16.6 Å². The average Bonchev–Trinajstić information content (AvgIpc) is 2.62. The standard InChI is InChI=1S/C19H22BrNO4/c1-3-10-24-16-7-5-15(6-8-16)21-19(22)14-4-9-18(17(20)13-14)25-12-11-23-2/h4-9,13H,3,10-12H2,1-2H3,(H,21,22). The van der Waals surface area contributed by atoms with Gasteiger partial charge in [0.25, 0.3) is 5.91 Å². The third kappa shape index (κ3) is 6.07. The highest BCUT2D eigenvalue weighted by Gasteiger charge is 2.10. The summed E-state index contributed by atoms with van der Waals surface area (Å²) in [4.78, 5) is 12.4. The zero-order valence-electron chi connectivity index (χ0n) is 14.4. The first-order chi connectivity index (χ1) is 12.1. The maximum Gasteiger partial charge on any atom is 0.255 e. The van der Waals surface area contributed by atoms with E-state index in [0.29, 0.717) is 36.8 Å².